The molecule has 1 amide bonds. The monoisotopic (exact) mass is 506 g/mol. The maximum Gasteiger partial charge on any atom is 0.260 e. The number of amides is 1. The van der Waals surface area contributed by atoms with Crippen LogP contribution in [0.3, 0.4) is 0 Å². The number of hydrogen-bond donors (Lipinski definition) is 2. The van der Waals surface area contributed by atoms with Crippen molar-refractivity contribution in [2.24, 2.45) is 33.7 Å². The fraction of sp³-hybridized carbons (Fsp3) is 0.613. The van der Waals surface area contributed by atoms with Gasteiger partial charge >= 0.3 is 0 Å². The topological polar surface area (TPSA) is 70.9 Å². The lowest BCUT2D eigenvalue weighted by Crippen LogP contribution is -2.54. The second kappa shape index (κ2) is 9.91. The molecule has 0 radical (unpaired) electrons. The molecule has 0 heterocycles. The Kier molecular flexibility index (Phi) is 6.96. The Bertz CT molecular complexity index is 1140. The summed E-state index contributed by atoms with van der Waals surface area (Å²) < 4.78 is 13.0. The third-order valence-corrected chi connectivity index (χ3v) is 10.4. The van der Waals surface area contributed by atoms with Crippen LogP contribution < -0.4 is 5.32 Å². The van der Waals surface area contributed by atoms with Gasteiger partial charge in [0.05, 0.1) is 5.71 Å². The highest BCUT2D eigenvalue weighted by atomic mass is 19.1. The van der Waals surface area contributed by atoms with Gasteiger partial charge in [-0.3, -0.25) is 4.79 Å². The lowest BCUT2D eigenvalue weighted by molar-refractivity contribution is -0.125. The normalized spacial score (nSPS) is 37.5. The summed E-state index contributed by atoms with van der Waals surface area (Å²) in [5.41, 5.74) is 2.36. The van der Waals surface area contributed by atoms with Gasteiger partial charge in [-0.25, -0.2) is 4.39 Å². The molecule has 4 aliphatic rings. The first-order valence-electron chi connectivity index (χ1n) is 13.8. The number of hydrogen-bond acceptors (Lipinski definition) is 4. The molecule has 6 heteroatoms. The number of aliphatic hydroxyl groups is 1. The number of terminal acetylenes is 1. The Hall–Kier alpha value is -2.65. The molecular weight excluding hydrogens is 467 g/mol. The molecule has 1 aromatic carbocycles. The zero-order chi connectivity index (χ0) is 26.3. The Morgan fingerprint density at radius 2 is 1.92 bits per heavy atom. The molecule has 0 aliphatic heterocycles. The highest BCUT2D eigenvalue weighted by Gasteiger charge is 2.63. The lowest BCUT2D eigenvalue weighted by Gasteiger charge is -2.58. The zero-order valence-electron chi connectivity index (χ0n) is 22.1. The first-order chi connectivity index (χ1) is 17.7. The molecule has 198 valence electrons. The van der Waals surface area contributed by atoms with E-state index >= 15 is 0 Å². The van der Waals surface area contributed by atoms with E-state index in [2.05, 4.69) is 36.3 Å². The van der Waals surface area contributed by atoms with E-state index in [1.54, 1.807) is 12.1 Å². The van der Waals surface area contributed by atoms with Gasteiger partial charge in [0.15, 0.2) is 6.61 Å². The maximum atomic E-state index is 13.0. The average Bonchev–Trinajstić information content (AvgIpc) is 3.16. The van der Waals surface area contributed by atoms with Crippen LogP contribution in [0.4, 0.5) is 4.39 Å². The number of nitrogens with zero attached hydrogens (tertiary/aromatic N) is 1. The molecule has 0 unspecified atom stereocenters. The Labute approximate surface area is 219 Å². The fourth-order valence-electron chi connectivity index (χ4n) is 8.12. The van der Waals surface area contributed by atoms with Gasteiger partial charge < -0.3 is 15.3 Å². The first-order valence-corrected chi connectivity index (χ1v) is 13.8. The van der Waals surface area contributed by atoms with E-state index in [1.807, 2.05) is 0 Å². The molecule has 3 fully saturated rings. The van der Waals surface area contributed by atoms with Crippen molar-refractivity contribution >= 4 is 11.6 Å². The summed E-state index contributed by atoms with van der Waals surface area (Å²) in [5, 5.41) is 18.3. The van der Waals surface area contributed by atoms with E-state index in [4.69, 9.17) is 11.3 Å². The van der Waals surface area contributed by atoms with Crippen molar-refractivity contribution in [2.75, 3.05) is 13.2 Å². The summed E-state index contributed by atoms with van der Waals surface area (Å²) in [5.74, 6) is 4.00. The van der Waals surface area contributed by atoms with Crippen LogP contribution in [0.5, 0.6) is 0 Å². The van der Waals surface area contributed by atoms with E-state index in [1.165, 1.54) is 17.7 Å². The van der Waals surface area contributed by atoms with Crippen LogP contribution in [0.2, 0.25) is 0 Å². The quantitative estimate of drug-likeness (QED) is 0.412. The highest BCUT2D eigenvalue weighted by Crippen LogP contribution is 2.67. The molecule has 2 N–H and O–H groups in total. The van der Waals surface area contributed by atoms with Gasteiger partial charge in [0.1, 0.15) is 11.4 Å². The summed E-state index contributed by atoms with van der Waals surface area (Å²) in [7, 11) is 0. The summed E-state index contributed by atoms with van der Waals surface area (Å²) in [4.78, 5) is 17.6. The largest absolute Gasteiger partial charge is 0.385 e. The SMILES string of the molecule is C#C[C@]1(O)CC[C@H]2[C@@H]3CCC4=CC(=NOCC(=O)NCCc5ccc(F)cc5)CC[C@]4(C)[C@H]3CC[C@@]21C. The van der Waals surface area contributed by atoms with Gasteiger partial charge in [0.25, 0.3) is 5.91 Å². The van der Waals surface area contributed by atoms with Crippen LogP contribution in [0, 0.1) is 46.7 Å². The zero-order valence-corrected chi connectivity index (χ0v) is 22.1. The third-order valence-electron chi connectivity index (χ3n) is 10.4. The molecule has 37 heavy (non-hydrogen) atoms. The second-order valence-electron chi connectivity index (χ2n) is 12.1. The van der Waals surface area contributed by atoms with E-state index < -0.39 is 5.60 Å². The average molecular weight is 507 g/mol. The summed E-state index contributed by atoms with van der Waals surface area (Å²) >= 11 is 0. The predicted molar refractivity (Wildman–Crippen MR) is 142 cm³/mol. The van der Waals surface area contributed by atoms with Crippen LogP contribution in [0.25, 0.3) is 0 Å². The second-order valence-corrected chi connectivity index (χ2v) is 12.1. The number of halogens is 1. The van der Waals surface area contributed by atoms with Gasteiger partial charge in [0, 0.05) is 12.0 Å². The van der Waals surface area contributed by atoms with Crippen LogP contribution in [0.15, 0.2) is 41.1 Å². The van der Waals surface area contributed by atoms with Crippen molar-refractivity contribution in [3.8, 4) is 12.3 Å². The predicted octanol–water partition coefficient (Wildman–Crippen LogP) is 5.18. The van der Waals surface area contributed by atoms with Gasteiger partial charge in [-0.05, 0) is 105 Å². The number of benzene rings is 1. The molecule has 5 rings (SSSR count). The van der Waals surface area contributed by atoms with Gasteiger partial charge in [-0.2, -0.15) is 0 Å². The Balaban J connectivity index is 1.16. The van der Waals surface area contributed by atoms with Gasteiger partial charge in [0.2, 0.25) is 0 Å². The number of rotatable bonds is 6. The van der Waals surface area contributed by atoms with Crippen molar-refractivity contribution in [3.63, 3.8) is 0 Å². The van der Waals surface area contributed by atoms with Crippen molar-refractivity contribution in [3.05, 3.63) is 47.3 Å². The number of carbonyl (C=O) groups excluding carboxylic acids is 1. The van der Waals surface area contributed by atoms with Gasteiger partial charge in [-0.1, -0.05) is 42.6 Å². The van der Waals surface area contributed by atoms with Gasteiger partial charge in [-0.15, -0.1) is 6.42 Å². The molecule has 6 atom stereocenters. The smallest absolute Gasteiger partial charge is 0.260 e. The molecule has 5 nitrogen and oxygen atoms in total. The van der Waals surface area contributed by atoms with E-state index in [0.717, 1.165) is 62.6 Å². The van der Waals surface area contributed by atoms with Crippen molar-refractivity contribution in [1.82, 2.24) is 5.32 Å². The lowest BCUT2D eigenvalue weighted by atomic mass is 9.46. The van der Waals surface area contributed by atoms with Crippen molar-refractivity contribution in [2.45, 2.75) is 77.2 Å². The van der Waals surface area contributed by atoms with Crippen molar-refractivity contribution in [1.29, 1.82) is 0 Å². The van der Waals surface area contributed by atoms with E-state index in [-0.39, 0.29) is 29.2 Å². The minimum Gasteiger partial charge on any atom is -0.385 e. The number of fused-ring (bicyclic) bond motifs is 5. The molecule has 3 saturated carbocycles. The maximum absolute atomic E-state index is 13.0. The molecule has 0 saturated heterocycles. The molecule has 0 aromatic heterocycles. The van der Waals surface area contributed by atoms with Crippen LogP contribution >= 0.6 is 0 Å². The Morgan fingerprint density at radius 3 is 2.68 bits per heavy atom. The van der Waals surface area contributed by atoms with Crippen molar-refractivity contribution < 1.29 is 19.1 Å². The molecular formula is C31H39FN2O3. The fourth-order valence-corrected chi connectivity index (χ4v) is 8.12. The minimum absolute atomic E-state index is 0.115. The first kappa shape index (κ1) is 26.0. The number of nitrogens with one attached hydrogen (secondary N) is 1. The number of carbonyl (C=O) groups is 1. The molecule has 1 aromatic rings. The minimum atomic E-state index is -0.962. The summed E-state index contributed by atoms with van der Waals surface area (Å²) in [6, 6.07) is 6.29. The third kappa shape index (κ3) is 4.61. The summed E-state index contributed by atoms with van der Waals surface area (Å²) in [6.07, 6.45) is 16.6. The van der Waals surface area contributed by atoms with Crippen LogP contribution in [0.1, 0.15) is 70.8 Å². The number of allylic oxidation sites excluding steroid dienone is 2. The standard InChI is InChI=1S/C31H39FN2O3/c1-4-31(36)17-13-27-25-10-7-22-19-24(11-15-29(22,2)26(25)12-16-30(27,31)3)34-37-20-28(35)33-18-14-21-5-8-23(32)9-6-21/h1,5-6,8-9,19,25-27,36H,7,10-18,20H2,2-3H3,(H,33,35)/t25-,26+,27+,29+,30+,31+/m1/s1. The summed E-state index contributed by atoms with van der Waals surface area (Å²) in [6.45, 7) is 5.01. The van der Waals surface area contributed by atoms with Crippen LogP contribution in [-0.4, -0.2) is 35.5 Å². The highest BCUT2D eigenvalue weighted by molar-refractivity contribution is 5.96. The Morgan fingerprint density at radius 1 is 1.16 bits per heavy atom. The number of oxime groups is 1. The molecule has 4 aliphatic carbocycles. The van der Waals surface area contributed by atoms with E-state index in [0.29, 0.717) is 30.7 Å². The van der Waals surface area contributed by atoms with Crippen LogP contribution in [-0.2, 0) is 16.1 Å². The molecule has 0 spiro atoms. The van der Waals surface area contributed by atoms with E-state index in [9.17, 15) is 14.3 Å². The molecule has 0 bridgehead atoms.